The molecule has 2 aromatic carbocycles. The van der Waals surface area contributed by atoms with Gasteiger partial charge in [-0.1, -0.05) is 0 Å². The fourth-order valence-corrected chi connectivity index (χ4v) is 1.91. The summed E-state index contributed by atoms with van der Waals surface area (Å²) in [6.45, 7) is 0. The molecule has 0 spiro atoms. The normalized spacial score (nSPS) is 11.0. The number of hydrogen-bond donors (Lipinski definition) is 0. The molecule has 0 saturated carbocycles. The van der Waals surface area contributed by atoms with Gasteiger partial charge in [0.1, 0.15) is 5.75 Å². The molecule has 0 radical (unpaired) electrons. The summed E-state index contributed by atoms with van der Waals surface area (Å²) in [5.74, 6) is -0.695. The van der Waals surface area contributed by atoms with Gasteiger partial charge in [-0.2, -0.15) is 13.2 Å². The molecule has 11 heteroatoms. The number of ether oxygens (including phenoxy) is 1. The number of carbonyl (C=O) groups is 1. The minimum atomic E-state index is -4.78. The zero-order valence-corrected chi connectivity index (χ0v) is 12.0. The van der Waals surface area contributed by atoms with E-state index in [2.05, 4.69) is 0 Å². The van der Waals surface area contributed by atoms with Crippen molar-refractivity contribution in [2.24, 2.45) is 0 Å². The third-order valence-electron chi connectivity index (χ3n) is 3.03. The van der Waals surface area contributed by atoms with Gasteiger partial charge in [0.15, 0.2) is 6.29 Å². The van der Waals surface area contributed by atoms with Crippen molar-refractivity contribution in [1.29, 1.82) is 0 Å². The van der Waals surface area contributed by atoms with Crippen molar-refractivity contribution in [1.82, 2.24) is 0 Å². The van der Waals surface area contributed by atoms with E-state index in [4.69, 9.17) is 4.74 Å². The third-order valence-corrected chi connectivity index (χ3v) is 3.03. The van der Waals surface area contributed by atoms with Crippen LogP contribution < -0.4 is 4.74 Å². The minimum absolute atomic E-state index is 0.185. The van der Waals surface area contributed by atoms with Crippen molar-refractivity contribution in [3.63, 3.8) is 0 Å². The Morgan fingerprint density at radius 1 is 0.960 bits per heavy atom. The van der Waals surface area contributed by atoms with Gasteiger partial charge in [0.25, 0.3) is 5.69 Å². The van der Waals surface area contributed by atoms with Crippen LogP contribution in [0.4, 0.5) is 24.5 Å². The molecule has 2 aromatic rings. The van der Waals surface area contributed by atoms with E-state index in [-0.39, 0.29) is 17.6 Å². The first-order valence-electron chi connectivity index (χ1n) is 6.40. The predicted molar refractivity (Wildman–Crippen MR) is 76.7 cm³/mol. The van der Waals surface area contributed by atoms with Crippen molar-refractivity contribution < 1.29 is 32.5 Å². The number of hydrogen-bond acceptors (Lipinski definition) is 6. The maximum Gasteiger partial charge on any atom is 0.416 e. The highest BCUT2D eigenvalue weighted by Crippen LogP contribution is 2.38. The second-order valence-electron chi connectivity index (χ2n) is 4.64. The Morgan fingerprint density at radius 3 is 2.12 bits per heavy atom. The molecule has 25 heavy (non-hydrogen) atoms. The Hall–Kier alpha value is -3.50. The lowest BCUT2D eigenvalue weighted by Crippen LogP contribution is -2.06. The predicted octanol–water partition coefficient (Wildman–Crippen LogP) is 4.13. The van der Waals surface area contributed by atoms with Gasteiger partial charge in [0, 0.05) is 12.1 Å². The van der Waals surface area contributed by atoms with Crippen LogP contribution in [0.2, 0.25) is 0 Å². The number of nitrogens with zero attached hydrogens (tertiary/aromatic N) is 2. The van der Waals surface area contributed by atoms with Crippen LogP contribution in [0, 0.1) is 20.2 Å². The van der Waals surface area contributed by atoms with Crippen LogP contribution in [-0.2, 0) is 6.18 Å². The van der Waals surface area contributed by atoms with Crippen molar-refractivity contribution in [3.05, 3.63) is 67.8 Å². The molecule has 130 valence electrons. The zero-order valence-electron chi connectivity index (χ0n) is 12.0. The van der Waals surface area contributed by atoms with Crippen LogP contribution in [0.5, 0.6) is 11.5 Å². The molecule has 0 atom stereocenters. The van der Waals surface area contributed by atoms with E-state index in [1.165, 1.54) is 0 Å². The van der Waals surface area contributed by atoms with Crippen LogP contribution in [0.1, 0.15) is 15.9 Å². The SMILES string of the molecule is O=Cc1cc(Oc2ccc(C(F)(F)F)cc2[N+](=O)[O-])ccc1[N+](=O)[O-]. The number of rotatable bonds is 5. The average Bonchev–Trinajstić information content (AvgIpc) is 2.53. The van der Waals surface area contributed by atoms with Gasteiger partial charge in [0.2, 0.25) is 5.75 Å². The van der Waals surface area contributed by atoms with Crippen molar-refractivity contribution in [2.45, 2.75) is 6.18 Å². The van der Waals surface area contributed by atoms with Gasteiger partial charge in [-0.25, -0.2) is 0 Å². The number of halogens is 3. The molecule has 0 aliphatic heterocycles. The van der Waals surface area contributed by atoms with Crippen LogP contribution in [0.25, 0.3) is 0 Å². The molecule has 0 saturated heterocycles. The van der Waals surface area contributed by atoms with E-state index in [1.807, 2.05) is 0 Å². The number of nitro benzene ring substituents is 2. The van der Waals surface area contributed by atoms with E-state index in [1.54, 1.807) is 0 Å². The molecule has 0 aliphatic carbocycles. The first-order valence-corrected chi connectivity index (χ1v) is 6.40. The summed E-state index contributed by atoms with van der Waals surface area (Å²) >= 11 is 0. The summed E-state index contributed by atoms with van der Waals surface area (Å²) in [4.78, 5) is 30.7. The lowest BCUT2D eigenvalue weighted by Gasteiger charge is -2.10. The molecule has 8 nitrogen and oxygen atoms in total. The van der Waals surface area contributed by atoms with Gasteiger partial charge in [0.05, 0.1) is 21.0 Å². The monoisotopic (exact) mass is 356 g/mol. The molecule has 0 N–H and O–H groups in total. The molecular weight excluding hydrogens is 349 g/mol. The van der Waals surface area contributed by atoms with Crippen LogP contribution in [0.15, 0.2) is 36.4 Å². The minimum Gasteiger partial charge on any atom is -0.450 e. The van der Waals surface area contributed by atoms with Crippen molar-refractivity contribution in [2.75, 3.05) is 0 Å². The quantitative estimate of drug-likeness (QED) is 0.452. The second kappa shape index (κ2) is 6.55. The summed E-state index contributed by atoms with van der Waals surface area (Å²) < 4.78 is 43.1. The fourth-order valence-electron chi connectivity index (χ4n) is 1.91. The largest absolute Gasteiger partial charge is 0.450 e. The Bertz CT molecular complexity index is 866. The van der Waals surface area contributed by atoms with Crippen LogP contribution >= 0.6 is 0 Å². The lowest BCUT2D eigenvalue weighted by molar-refractivity contribution is -0.385. The summed E-state index contributed by atoms with van der Waals surface area (Å²) in [5, 5.41) is 21.7. The molecule has 0 aromatic heterocycles. The molecule has 0 bridgehead atoms. The van der Waals surface area contributed by atoms with Gasteiger partial charge >= 0.3 is 11.9 Å². The summed E-state index contributed by atoms with van der Waals surface area (Å²) in [6.07, 6.45) is -4.59. The van der Waals surface area contributed by atoms with Crippen LogP contribution in [0.3, 0.4) is 0 Å². The highest BCUT2D eigenvalue weighted by molar-refractivity contribution is 5.82. The number of aldehydes is 1. The summed E-state index contributed by atoms with van der Waals surface area (Å²) in [6, 6.07) is 4.60. The van der Waals surface area contributed by atoms with E-state index in [9.17, 15) is 38.2 Å². The van der Waals surface area contributed by atoms with Gasteiger partial charge in [-0.05, 0) is 24.3 Å². The number of carbonyl (C=O) groups excluding carboxylic acids is 1. The summed E-state index contributed by atoms with van der Waals surface area (Å²) in [5.41, 5.74) is -3.04. The van der Waals surface area contributed by atoms with Crippen molar-refractivity contribution in [3.8, 4) is 11.5 Å². The molecule has 0 amide bonds. The smallest absolute Gasteiger partial charge is 0.416 e. The number of nitro groups is 2. The van der Waals surface area contributed by atoms with Crippen LogP contribution in [-0.4, -0.2) is 16.1 Å². The van der Waals surface area contributed by atoms with Gasteiger partial charge in [-0.3, -0.25) is 25.0 Å². The Labute approximate surface area is 136 Å². The standard InChI is InChI=1S/C14H7F3N2O6/c15-14(16,17)9-1-4-13(12(6-9)19(23)24)25-10-2-3-11(18(21)22)8(5-10)7-20/h1-7H. The molecule has 0 heterocycles. The lowest BCUT2D eigenvalue weighted by atomic mass is 10.1. The Morgan fingerprint density at radius 2 is 1.60 bits per heavy atom. The third kappa shape index (κ3) is 3.88. The maximum absolute atomic E-state index is 12.6. The maximum atomic E-state index is 12.6. The first-order chi connectivity index (χ1) is 11.6. The molecule has 0 aliphatic rings. The molecule has 0 unspecified atom stereocenters. The van der Waals surface area contributed by atoms with E-state index in [0.29, 0.717) is 12.1 Å². The van der Waals surface area contributed by atoms with E-state index in [0.717, 1.165) is 24.3 Å². The zero-order chi connectivity index (χ0) is 18.8. The second-order valence-corrected chi connectivity index (χ2v) is 4.64. The highest BCUT2D eigenvalue weighted by atomic mass is 19.4. The topological polar surface area (TPSA) is 113 Å². The number of alkyl halides is 3. The first kappa shape index (κ1) is 17.8. The van der Waals surface area contributed by atoms with E-state index < -0.39 is 38.7 Å². The number of benzene rings is 2. The highest BCUT2D eigenvalue weighted by Gasteiger charge is 2.33. The van der Waals surface area contributed by atoms with Gasteiger partial charge < -0.3 is 4.74 Å². The molecule has 2 rings (SSSR count). The van der Waals surface area contributed by atoms with Gasteiger partial charge in [-0.15, -0.1) is 0 Å². The molecular formula is C14H7F3N2O6. The summed E-state index contributed by atoms with van der Waals surface area (Å²) in [7, 11) is 0. The fraction of sp³-hybridized carbons (Fsp3) is 0.0714. The van der Waals surface area contributed by atoms with Crippen molar-refractivity contribution >= 4 is 17.7 Å². The molecule has 0 fully saturated rings. The Balaban J connectivity index is 2.45. The van der Waals surface area contributed by atoms with E-state index >= 15 is 0 Å². The average molecular weight is 356 g/mol. The Kier molecular flexibility index (Phi) is 4.68.